The molecule has 0 spiro atoms. The number of hydrogen-bond donors (Lipinski definition) is 0. The molecule has 0 unspecified atom stereocenters. The zero-order valence-corrected chi connectivity index (χ0v) is 17.5. The van der Waals surface area contributed by atoms with E-state index in [1.807, 2.05) is 54.6 Å². The van der Waals surface area contributed by atoms with Gasteiger partial charge in [0.1, 0.15) is 6.61 Å². The summed E-state index contributed by atoms with van der Waals surface area (Å²) in [6, 6.07) is 18.4. The summed E-state index contributed by atoms with van der Waals surface area (Å²) in [6.07, 6.45) is 2.44. The second kappa shape index (κ2) is 9.50. The van der Waals surface area contributed by atoms with Crippen molar-refractivity contribution in [2.45, 2.75) is 25.3 Å². The number of carbonyl (C=O) groups excluding carboxylic acids is 1. The number of rotatable bonds is 6. The van der Waals surface area contributed by atoms with Crippen LogP contribution in [0.3, 0.4) is 0 Å². The summed E-state index contributed by atoms with van der Waals surface area (Å²) in [4.78, 5) is 14.1. The summed E-state index contributed by atoms with van der Waals surface area (Å²) in [7, 11) is 0. The zero-order chi connectivity index (χ0) is 22.6. The molecule has 1 amide bonds. The van der Waals surface area contributed by atoms with E-state index in [4.69, 9.17) is 4.74 Å². The van der Waals surface area contributed by atoms with Gasteiger partial charge in [-0.1, -0.05) is 54.7 Å². The highest BCUT2D eigenvalue weighted by Crippen LogP contribution is 2.39. The van der Waals surface area contributed by atoms with Crippen LogP contribution in [0.25, 0.3) is 5.69 Å². The predicted octanol–water partition coefficient (Wildman–Crippen LogP) is 5.46. The van der Waals surface area contributed by atoms with Crippen molar-refractivity contribution in [3.8, 4) is 5.69 Å². The van der Waals surface area contributed by atoms with Crippen molar-refractivity contribution in [1.82, 2.24) is 14.7 Å². The van der Waals surface area contributed by atoms with Gasteiger partial charge in [0.05, 0.1) is 5.69 Å². The van der Waals surface area contributed by atoms with Crippen LogP contribution in [0.15, 0.2) is 73.1 Å². The number of hydrogen-bond acceptors (Lipinski definition) is 3. The normalized spacial score (nSPS) is 19.0. The molecule has 9 heteroatoms. The fraction of sp³-hybridized carbons (Fsp3) is 0.304. The van der Waals surface area contributed by atoms with Crippen LogP contribution in [0.2, 0.25) is 6.32 Å². The van der Waals surface area contributed by atoms with Crippen molar-refractivity contribution in [1.29, 1.82) is 0 Å². The SMILES string of the molecule is O=C(OCc1ccccc1)N1CC[C@@H](C[B-](F)(F)F)[C@H](c2ccc(-n3cccn3)cc2)C1. The van der Waals surface area contributed by atoms with Crippen LogP contribution in [-0.2, 0) is 11.3 Å². The van der Waals surface area contributed by atoms with Crippen molar-refractivity contribution in [3.63, 3.8) is 0 Å². The average Bonchev–Trinajstić information content (AvgIpc) is 3.33. The van der Waals surface area contributed by atoms with Crippen LogP contribution >= 0.6 is 0 Å². The van der Waals surface area contributed by atoms with E-state index in [-0.39, 0.29) is 26.1 Å². The first-order valence-corrected chi connectivity index (χ1v) is 10.7. The van der Waals surface area contributed by atoms with Gasteiger partial charge in [-0.25, -0.2) is 9.48 Å². The number of amides is 1. The molecule has 2 atom stereocenters. The maximum Gasteiger partial charge on any atom is 0.478 e. The number of halogens is 3. The van der Waals surface area contributed by atoms with Crippen LogP contribution in [0.1, 0.15) is 23.5 Å². The Morgan fingerprint density at radius 2 is 1.81 bits per heavy atom. The van der Waals surface area contributed by atoms with Gasteiger partial charge in [0.15, 0.2) is 0 Å². The molecule has 0 bridgehead atoms. The van der Waals surface area contributed by atoms with E-state index in [0.29, 0.717) is 0 Å². The summed E-state index contributed by atoms with van der Waals surface area (Å²) >= 11 is 0. The van der Waals surface area contributed by atoms with Gasteiger partial charge in [-0.2, -0.15) is 5.10 Å². The van der Waals surface area contributed by atoms with Gasteiger partial charge >= 0.3 is 13.1 Å². The van der Waals surface area contributed by atoms with Crippen LogP contribution in [-0.4, -0.2) is 40.8 Å². The molecule has 1 fully saturated rings. The van der Waals surface area contributed by atoms with Gasteiger partial charge in [-0.15, -0.1) is 0 Å². The molecule has 4 rings (SSSR count). The quantitative estimate of drug-likeness (QED) is 0.477. The lowest BCUT2D eigenvalue weighted by atomic mass is 9.68. The van der Waals surface area contributed by atoms with Gasteiger partial charge in [0.2, 0.25) is 0 Å². The fourth-order valence-corrected chi connectivity index (χ4v) is 4.28. The smallest absolute Gasteiger partial charge is 0.449 e. The van der Waals surface area contributed by atoms with Crippen molar-refractivity contribution in [2.75, 3.05) is 13.1 Å². The molecule has 1 aliphatic heterocycles. The summed E-state index contributed by atoms with van der Waals surface area (Å²) in [5, 5.41) is 4.17. The Labute approximate surface area is 184 Å². The first-order chi connectivity index (χ1) is 15.4. The Morgan fingerprint density at radius 3 is 2.47 bits per heavy atom. The van der Waals surface area contributed by atoms with E-state index in [0.717, 1.165) is 16.8 Å². The minimum absolute atomic E-state index is 0.133. The number of ether oxygens (including phenoxy) is 1. The second-order valence-electron chi connectivity index (χ2n) is 8.13. The fourth-order valence-electron chi connectivity index (χ4n) is 4.28. The Kier molecular flexibility index (Phi) is 6.53. The third-order valence-electron chi connectivity index (χ3n) is 5.88. The van der Waals surface area contributed by atoms with E-state index in [1.165, 1.54) is 4.90 Å². The summed E-state index contributed by atoms with van der Waals surface area (Å²) in [5.41, 5.74) is 2.47. The van der Waals surface area contributed by atoms with Gasteiger partial charge in [0.25, 0.3) is 0 Å². The highest BCUT2D eigenvalue weighted by Gasteiger charge is 2.37. The van der Waals surface area contributed by atoms with Gasteiger partial charge in [-0.05, 0) is 35.7 Å². The standard InChI is InChI=1S/C23H24BF3N3O2/c25-24(26,27)15-20-11-14-29(23(31)32-17-18-5-2-1-3-6-18)16-22(20)19-7-9-21(10-8-19)30-13-4-12-28-30/h1-10,12-13,20,22H,11,14-17H2/q-1/t20-,22-/m0/s1. The number of likely N-dealkylation sites (tertiary alicyclic amines) is 1. The molecule has 5 nitrogen and oxygen atoms in total. The molecule has 168 valence electrons. The Balaban J connectivity index is 1.48. The minimum atomic E-state index is -4.92. The Morgan fingerprint density at radius 1 is 1.06 bits per heavy atom. The van der Waals surface area contributed by atoms with E-state index in [1.54, 1.807) is 23.1 Å². The molecule has 0 saturated carbocycles. The van der Waals surface area contributed by atoms with E-state index >= 15 is 0 Å². The van der Waals surface area contributed by atoms with Crippen LogP contribution in [0.4, 0.5) is 17.7 Å². The second-order valence-corrected chi connectivity index (χ2v) is 8.13. The van der Waals surface area contributed by atoms with Gasteiger partial charge in [-0.3, -0.25) is 0 Å². The summed E-state index contributed by atoms with van der Waals surface area (Å²) in [5.74, 6) is -0.980. The maximum absolute atomic E-state index is 13.3. The largest absolute Gasteiger partial charge is 0.478 e. The maximum atomic E-state index is 13.3. The zero-order valence-electron chi connectivity index (χ0n) is 17.5. The molecule has 2 heterocycles. The number of benzene rings is 2. The first-order valence-electron chi connectivity index (χ1n) is 10.7. The average molecular weight is 442 g/mol. The molecule has 1 saturated heterocycles. The third kappa shape index (κ3) is 5.52. The molecular weight excluding hydrogens is 418 g/mol. The van der Waals surface area contributed by atoms with Crippen molar-refractivity contribution in [2.24, 2.45) is 5.92 Å². The Hall–Kier alpha value is -3.23. The van der Waals surface area contributed by atoms with Crippen molar-refractivity contribution in [3.05, 3.63) is 84.2 Å². The highest BCUT2D eigenvalue weighted by atomic mass is 19.4. The topological polar surface area (TPSA) is 47.4 Å². The van der Waals surface area contributed by atoms with Crippen molar-refractivity contribution >= 4 is 13.1 Å². The van der Waals surface area contributed by atoms with E-state index in [9.17, 15) is 17.7 Å². The monoisotopic (exact) mass is 442 g/mol. The first kappa shape index (κ1) is 22.0. The number of piperidine rings is 1. The molecule has 0 N–H and O–H groups in total. The lowest BCUT2D eigenvalue weighted by Gasteiger charge is -2.40. The molecule has 2 aromatic carbocycles. The molecule has 0 aliphatic carbocycles. The number of carbonyl (C=O) groups is 1. The van der Waals surface area contributed by atoms with Crippen LogP contribution < -0.4 is 0 Å². The number of nitrogens with zero attached hydrogens (tertiary/aromatic N) is 3. The Bertz CT molecular complexity index is 1010. The van der Waals surface area contributed by atoms with Gasteiger partial charge in [0, 0.05) is 31.4 Å². The third-order valence-corrected chi connectivity index (χ3v) is 5.88. The number of aromatic nitrogens is 2. The summed E-state index contributed by atoms with van der Waals surface area (Å²) < 4.78 is 47.0. The molecule has 1 aliphatic rings. The summed E-state index contributed by atoms with van der Waals surface area (Å²) in [6.45, 7) is -4.33. The van der Waals surface area contributed by atoms with Crippen LogP contribution in [0, 0.1) is 5.92 Å². The molecule has 3 aromatic rings. The lowest BCUT2D eigenvalue weighted by molar-refractivity contribution is 0.0774. The minimum Gasteiger partial charge on any atom is -0.449 e. The van der Waals surface area contributed by atoms with E-state index < -0.39 is 31.2 Å². The highest BCUT2D eigenvalue weighted by molar-refractivity contribution is 6.58. The molecule has 0 radical (unpaired) electrons. The molecule has 1 aromatic heterocycles. The molecular formula is C23H24BF3N3O2-. The van der Waals surface area contributed by atoms with Crippen LogP contribution in [0.5, 0.6) is 0 Å². The molecule has 32 heavy (non-hydrogen) atoms. The predicted molar refractivity (Wildman–Crippen MR) is 116 cm³/mol. The lowest BCUT2D eigenvalue weighted by Crippen LogP contribution is -2.44. The van der Waals surface area contributed by atoms with Gasteiger partial charge < -0.3 is 22.6 Å². The van der Waals surface area contributed by atoms with Crippen molar-refractivity contribution < 1.29 is 22.5 Å². The van der Waals surface area contributed by atoms with E-state index in [2.05, 4.69) is 5.10 Å².